The number of methoxy groups -OCH3 is 1. The molecule has 1 aromatic carbocycles. The molecule has 5 aliphatic rings. The molecule has 15 nitrogen and oxygen atoms in total. The highest BCUT2D eigenvalue weighted by molar-refractivity contribution is 7.10. The van der Waals surface area contributed by atoms with Crippen molar-refractivity contribution in [2.45, 2.75) is 115 Å². The number of aromatic nitrogens is 3. The first-order valence-corrected chi connectivity index (χ1v) is 24.7. The van der Waals surface area contributed by atoms with Crippen molar-refractivity contribution in [3.8, 4) is 22.5 Å². The van der Waals surface area contributed by atoms with Crippen molar-refractivity contribution < 1.29 is 33.8 Å². The van der Waals surface area contributed by atoms with Gasteiger partial charge >= 0.3 is 12.0 Å². The number of nitrogens with zero attached hydrogens (tertiary/aromatic N) is 6. The fraction of sp³-hybridized carbons (Fsp3) is 0.574. The van der Waals surface area contributed by atoms with Crippen LogP contribution in [0.5, 0.6) is 0 Å². The molecule has 340 valence electrons. The molecule has 1 spiro atoms. The van der Waals surface area contributed by atoms with Gasteiger partial charge in [-0.25, -0.2) is 15.2 Å². The van der Waals surface area contributed by atoms with E-state index in [9.17, 15) is 19.5 Å². The molecule has 4 aliphatic heterocycles. The van der Waals surface area contributed by atoms with Crippen LogP contribution in [-0.2, 0) is 43.2 Å². The maximum Gasteiger partial charge on any atom is 0.324 e. The summed E-state index contributed by atoms with van der Waals surface area (Å²) >= 11 is 1.52. The summed E-state index contributed by atoms with van der Waals surface area (Å²) in [5.41, 5.74) is 8.83. The van der Waals surface area contributed by atoms with Crippen molar-refractivity contribution in [2.75, 3.05) is 40.4 Å². The molecule has 7 heterocycles. The average molecular weight is 909 g/mol. The number of aryl methyl sites for hydroxylation is 1. The number of thiazole rings is 1. The number of carbonyl (C=O) groups is 4. The minimum absolute atomic E-state index is 0.0435. The van der Waals surface area contributed by atoms with E-state index in [0.29, 0.717) is 48.3 Å². The number of aliphatic hydroxyl groups excluding tert-OH is 1. The van der Waals surface area contributed by atoms with E-state index < -0.39 is 41.0 Å². The van der Waals surface area contributed by atoms with Gasteiger partial charge in [0.2, 0.25) is 11.8 Å². The molecule has 64 heavy (non-hydrogen) atoms. The van der Waals surface area contributed by atoms with Gasteiger partial charge in [-0.15, -0.1) is 11.3 Å². The molecule has 3 aromatic heterocycles. The third-order valence-corrected chi connectivity index (χ3v) is 16.9. The van der Waals surface area contributed by atoms with E-state index in [1.54, 1.807) is 25.4 Å². The van der Waals surface area contributed by atoms with Crippen LogP contribution in [0.1, 0.15) is 76.8 Å². The number of rotatable bonds is 8. The number of cyclic esters (lactones) is 1. The number of hydrazine groups is 1. The van der Waals surface area contributed by atoms with Gasteiger partial charge in [0.25, 0.3) is 0 Å². The molecular formula is C47H60N8O7SSi. The van der Waals surface area contributed by atoms with Crippen molar-refractivity contribution in [3.63, 3.8) is 0 Å². The molecule has 7 atom stereocenters. The van der Waals surface area contributed by atoms with Crippen LogP contribution in [-0.4, -0.2) is 132 Å². The van der Waals surface area contributed by atoms with Gasteiger partial charge in [-0.2, -0.15) is 0 Å². The van der Waals surface area contributed by atoms with Crippen LogP contribution in [0.15, 0.2) is 41.9 Å². The number of hydrogen-bond acceptors (Lipinski definition) is 11. The maximum absolute atomic E-state index is 15.3. The molecule has 6 bridgehead atoms. The summed E-state index contributed by atoms with van der Waals surface area (Å²) in [7, 11) is 3.79. The van der Waals surface area contributed by atoms with Gasteiger partial charge in [0.15, 0.2) is 0 Å². The zero-order valence-corrected chi connectivity index (χ0v) is 39.8. The van der Waals surface area contributed by atoms with Crippen LogP contribution in [0.3, 0.4) is 0 Å². The molecule has 9 rings (SSSR count). The second-order valence-corrected chi connectivity index (χ2v) is 22.1. The Bertz CT molecular complexity index is 2480. The van der Waals surface area contributed by atoms with Gasteiger partial charge in [-0.05, 0) is 79.9 Å². The second-order valence-electron chi connectivity index (χ2n) is 19.5. The highest BCUT2D eigenvalue weighted by Gasteiger charge is 2.76. The van der Waals surface area contributed by atoms with E-state index in [1.165, 1.54) is 21.1 Å². The summed E-state index contributed by atoms with van der Waals surface area (Å²) in [5, 5.41) is 18.7. The van der Waals surface area contributed by atoms with Crippen LogP contribution in [0.25, 0.3) is 33.4 Å². The highest BCUT2D eigenvalue weighted by atomic mass is 32.1. The van der Waals surface area contributed by atoms with Gasteiger partial charge in [0.1, 0.15) is 12.1 Å². The second kappa shape index (κ2) is 16.9. The largest absolute Gasteiger partial charge is 0.464 e. The lowest BCUT2D eigenvalue weighted by atomic mass is 9.61. The number of pyridine rings is 1. The maximum atomic E-state index is 15.3. The standard InChI is InChI=1S/C47H60N8O7SSi/c1-9-54-34-15-14-27-18-30(34)31(38(54)29-12-10-16-48-36(29)26(4)61-8)19-46(5,6)24-62-43(58)32-13-11-17-55(51-32)44(59)47(20-35-49-33(27)23-63-35)40(39-41(47)64-39)50-42(57)37(25(2)3)52(7)45(60)53-21-28(56)22-53/h10,12,14-16,18,23,25-26,28,32,37,39-41,51,56H,9,11,13,17,19-22,24H2,1-8H3,(H,50,57)/t26-,32-,37-,39?,40?,41?,47?/m0/s1. The lowest BCUT2D eigenvalue weighted by Gasteiger charge is -2.51. The molecule has 4 fully saturated rings. The minimum atomic E-state index is -1.02. The number of ether oxygens (including phenoxy) is 2. The summed E-state index contributed by atoms with van der Waals surface area (Å²) in [6.45, 7) is 14.0. The number of nitrogens with one attached hydrogen (secondary N) is 2. The van der Waals surface area contributed by atoms with E-state index in [0.717, 1.165) is 49.7 Å². The Morgan fingerprint density at radius 2 is 1.95 bits per heavy atom. The fourth-order valence-corrected chi connectivity index (χ4v) is 13.7. The summed E-state index contributed by atoms with van der Waals surface area (Å²) < 4.78 is 14.3. The highest BCUT2D eigenvalue weighted by Crippen LogP contribution is 2.72. The summed E-state index contributed by atoms with van der Waals surface area (Å²) in [6, 6.07) is 8.24. The van der Waals surface area contributed by atoms with Gasteiger partial charge in [-0.3, -0.25) is 24.4 Å². The van der Waals surface area contributed by atoms with Crippen molar-refractivity contribution in [1.82, 2.24) is 40.1 Å². The van der Waals surface area contributed by atoms with Gasteiger partial charge in [-0.1, -0.05) is 33.8 Å². The average Bonchev–Trinajstić information content (AvgIpc) is 3.72. The molecule has 4 aromatic rings. The Balaban J connectivity index is 1.12. The van der Waals surface area contributed by atoms with E-state index in [2.05, 4.69) is 65.7 Å². The third-order valence-electron chi connectivity index (χ3n) is 14.1. The number of carbonyl (C=O) groups excluding carboxylic acids is 4. The molecule has 17 heteroatoms. The normalized spacial score (nSPS) is 26.4. The van der Waals surface area contributed by atoms with Gasteiger partial charge in [0.05, 0.1) is 59.4 Å². The first-order valence-electron chi connectivity index (χ1n) is 22.7. The molecule has 2 radical (unpaired) electrons. The van der Waals surface area contributed by atoms with Gasteiger partial charge < -0.3 is 34.3 Å². The van der Waals surface area contributed by atoms with Crippen LogP contribution >= 0.6 is 11.3 Å². The lowest BCUT2D eigenvalue weighted by Crippen LogP contribution is -2.68. The Kier molecular flexibility index (Phi) is 11.8. The first kappa shape index (κ1) is 44.5. The zero-order valence-electron chi connectivity index (χ0n) is 38.0. The molecular weight excluding hydrogens is 849 g/mol. The number of likely N-dealkylation sites (N-methyl/N-ethyl adjacent to an activating group) is 1. The Hall–Kier alpha value is -4.68. The molecule has 3 N–H and O–H groups in total. The fourth-order valence-electron chi connectivity index (χ4n) is 10.7. The van der Waals surface area contributed by atoms with E-state index in [1.807, 2.05) is 26.8 Å². The van der Waals surface area contributed by atoms with E-state index in [4.69, 9.17) is 19.4 Å². The smallest absolute Gasteiger partial charge is 0.324 e. The number of likely N-dealkylation sites (tertiary alicyclic amines) is 1. The van der Waals surface area contributed by atoms with Crippen LogP contribution < -0.4 is 10.7 Å². The van der Waals surface area contributed by atoms with Crippen LogP contribution in [0, 0.1) is 16.7 Å². The topological polar surface area (TPSA) is 171 Å². The summed E-state index contributed by atoms with van der Waals surface area (Å²) in [4.78, 5) is 70.2. The van der Waals surface area contributed by atoms with E-state index >= 15 is 4.79 Å². The number of esters is 1. The lowest BCUT2D eigenvalue weighted by molar-refractivity contribution is -0.161. The Morgan fingerprint density at radius 1 is 1.17 bits per heavy atom. The number of benzene rings is 1. The minimum Gasteiger partial charge on any atom is -0.464 e. The predicted molar refractivity (Wildman–Crippen MR) is 244 cm³/mol. The molecule has 1 saturated carbocycles. The van der Waals surface area contributed by atoms with Crippen LogP contribution in [0.4, 0.5) is 4.79 Å². The third kappa shape index (κ3) is 7.63. The summed E-state index contributed by atoms with van der Waals surface area (Å²) in [6.07, 6.45) is 3.03. The number of urea groups is 1. The van der Waals surface area contributed by atoms with E-state index in [-0.39, 0.29) is 60.6 Å². The van der Waals surface area contributed by atoms with Crippen molar-refractivity contribution in [1.29, 1.82) is 0 Å². The van der Waals surface area contributed by atoms with Crippen LogP contribution in [0.2, 0.25) is 11.1 Å². The monoisotopic (exact) mass is 908 g/mol. The van der Waals surface area contributed by atoms with Crippen molar-refractivity contribution >= 4 is 55.6 Å². The number of fused-ring (bicyclic) bond motifs is 8. The number of aliphatic hydroxyl groups is 1. The molecule has 1 aliphatic carbocycles. The zero-order chi connectivity index (χ0) is 45.4. The number of amides is 4. The summed E-state index contributed by atoms with van der Waals surface area (Å²) in [5.74, 6) is -1.09. The predicted octanol–water partition coefficient (Wildman–Crippen LogP) is 5.25. The Morgan fingerprint density at radius 3 is 2.67 bits per heavy atom. The number of β-amino-alcohol motifs (C(OH)–C–C–N with tert-alkyl or cyclic N) is 1. The number of hydrogen-bond donors (Lipinski definition) is 3. The van der Waals surface area contributed by atoms with Crippen molar-refractivity contribution in [3.05, 3.63) is 58.2 Å². The Labute approximate surface area is 381 Å². The van der Waals surface area contributed by atoms with Crippen molar-refractivity contribution in [2.24, 2.45) is 16.7 Å². The SMILES string of the molecule is CCn1c(-c2cccnc2[C@H](C)OC)c2c3cc(ccc31)-c1csc(n1)CC1(C(=O)N3CCC[C@H](N3)C(=O)OCC(C)(C)C2)C(NC(=O)[C@H](C(C)C)N(C)C(=O)N2CC(O)C2)C2[Si]C21. The molecule has 3 saturated heterocycles. The molecule has 4 unspecified atom stereocenters. The first-order chi connectivity index (χ1) is 30.6. The van der Waals surface area contributed by atoms with Gasteiger partial charge in [0, 0.05) is 88.3 Å². The quantitative estimate of drug-likeness (QED) is 0.157. The molecule has 4 amide bonds.